The van der Waals surface area contributed by atoms with Gasteiger partial charge in [0.05, 0.1) is 12.4 Å². The van der Waals surface area contributed by atoms with Gasteiger partial charge in [-0.05, 0) is 31.1 Å². The second-order valence-electron chi connectivity index (χ2n) is 6.73. The van der Waals surface area contributed by atoms with Crippen LogP contribution >= 0.6 is 11.9 Å². The van der Waals surface area contributed by atoms with Crippen molar-refractivity contribution in [2.75, 3.05) is 30.8 Å². The third kappa shape index (κ3) is 3.93. The first-order valence-electron chi connectivity index (χ1n) is 9.11. The molecule has 7 nitrogen and oxygen atoms in total. The summed E-state index contributed by atoms with van der Waals surface area (Å²) in [7, 11) is 0. The highest BCUT2D eigenvalue weighted by Gasteiger charge is 2.22. The van der Waals surface area contributed by atoms with E-state index in [1.807, 2.05) is 12.3 Å². The molecule has 0 unspecified atom stereocenters. The van der Waals surface area contributed by atoms with E-state index in [0.29, 0.717) is 23.1 Å². The van der Waals surface area contributed by atoms with Gasteiger partial charge in [-0.1, -0.05) is 11.9 Å². The summed E-state index contributed by atoms with van der Waals surface area (Å²) in [6.45, 7) is 2.84. The van der Waals surface area contributed by atoms with Crippen molar-refractivity contribution >= 4 is 23.4 Å². The van der Waals surface area contributed by atoms with Crippen LogP contribution in [0.4, 0.5) is 14.6 Å². The Morgan fingerprint density at radius 2 is 2.18 bits per heavy atom. The van der Waals surface area contributed by atoms with E-state index in [-0.39, 0.29) is 5.69 Å². The highest BCUT2D eigenvalue weighted by molar-refractivity contribution is 7.96. The maximum absolute atomic E-state index is 13.0. The minimum atomic E-state index is -2.65. The lowest BCUT2D eigenvalue weighted by Crippen LogP contribution is -2.39. The molecule has 1 aliphatic rings. The van der Waals surface area contributed by atoms with Crippen LogP contribution in [0.2, 0.25) is 0 Å². The summed E-state index contributed by atoms with van der Waals surface area (Å²) >= 11 is 1.63. The Kier molecular flexibility index (Phi) is 5.67. The molecule has 10 heteroatoms. The van der Waals surface area contributed by atoms with Gasteiger partial charge in [-0.3, -0.25) is 9.12 Å². The Bertz CT molecular complexity index is 949. The Labute approximate surface area is 165 Å². The Hall–Kier alpha value is -2.33. The number of fused-ring (bicyclic) bond motifs is 1. The van der Waals surface area contributed by atoms with E-state index in [0.717, 1.165) is 31.9 Å². The molecule has 1 saturated heterocycles. The molecule has 0 spiro atoms. The van der Waals surface area contributed by atoms with E-state index in [9.17, 15) is 8.78 Å². The summed E-state index contributed by atoms with van der Waals surface area (Å²) in [4.78, 5) is 19.3. The van der Waals surface area contributed by atoms with E-state index in [4.69, 9.17) is 4.98 Å². The Morgan fingerprint density at radius 3 is 3.00 bits per heavy atom. The molecule has 3 aromatic heterocycles. The van der Waals surface area contributed by atoms with E-state index >= 15 is 0 Å². The number of hydrogen-bond acceptors (Lipinski definition) is 7. The second kappa shape index (κ2) is 8.36. The van der Waals surface area contributed by atoms with Gasteiger partial charge in [0, 0.05) is 32.0 Å². The third-order valence-electron chi connectivity index (χ3n) is 4.87. The van der Waals surface area contributed by atoms with Crippen LogP contribution in [0, 0.1) is 5.92 Å². The largest absolute Gasteiger partial charge is 0.356 e. The molecule has 0 bridgehead atoms. The fraction of sp³-hybridized carbons (Fsp3) is 0.444. The first kappa shape index (κ1) is 19.0. The molecule has 0 amide bonds. The molecule has 148 valence electrons. The lowest BCUT2D eigenvalue weighted by molar-refractivity contribution is 0.145. The van der Waals surface area contributed by atoms with Crippen molar-refractivity contribution in [1.29, 1.82) is 0 Å². The van der Waals surface area contributed by atoms with Crippen LogP contribution in [0.1, 0.15) is 25.0 Å². The number of piperidine rings is 1. The zero-order valence-electron chi connectivity index (χ0n) is 15.4. The molecule has 0 aromatic carbocycles. The number of hydrogen-bond donors (Lipinski definition) is 1. The zero-order valence-corrected chi connectivity index (χ0v) is 16.2. The van der Waals surface area contributed by atoms with Crippen LogP contribution in [0.5, 0.6) is 0 Å². The predicted octanol–water partition coefficient (Wildman–Crippen LogP) is 3.21. The summed E-state index contributed by atoms with van der Waals surface area (Å²) < 4.78 is 31.0. The molecule has 1 fully saturated rings. The molecule has 4 rings (SSSR count). The highest BCUT2D eigenvalue weighted by atomic mass is 32.2. The monoisotopic (exact) mass is 405 g/mol. The van der Waals surface area contributed by atoms with Gasteiger partial charge in [0.2, 0.25) is 0 Å². The lowest BCUT2D eigenvalue weighted by Gasteiger charge is -2.33. The molecule has 0 radical (unpaired) electrons. The van der Waals surface area contributed by atoms with Crippen LogP contribution in [0.3, 0.4) is 0 Å². The lowest BCUT2D eigenvalue weighted by atomic mass is 9.98. The summed E-state index contributed by atoms with van der Waals surface area (Å²) in [6, 6.07) is 1.89. The minimum absolute atomic E-state index is 0.303. The molecule has 28 heavy (non-hydrogen) atoms. The molecular formula is C18H21F2N7S. The topological polar surface area (TPSA) is 71.2 Å². The molecule has 0 aliphatic carbocycles. The number of halogens is 2. The van der Waals surface area contributed by atoms with E-state index in [1.54, 1.807) is 28.7 Å². The zero-order chi connectivity index (χ0) is 19.5. The van der Waals surface area contributed by atoms with Crippen molar-refractivity contribution in [2.45, 2.75) is 19.3 Å². The van der Waals surface area contributed by atoms with Gasteiger partial charge >= 0.3 is 0 Å². The number of aromatic nitrogens is 5. The fourth-order valence-corrected chi connectivity index (χ4v) is 3.87. The highest BCUT2D eigenvalue weighted by Crippen LogP contribution is 2.25. The third-order valence-corrected chi connectivity index (χ3v) is 5.32. The SMILES string of the molecule is CSNC[C@H]1CCCN(c2ccnc(-c3cnc4cnc(C(F)F)cn34)n2)C1. The Balaban J connectivity index is 1.62. The van der Waals surface area contributed by atoms with Crippen LogP contribution in [-0.4, -0.2) is 50.2 Å². The number of nitrogens with one attached hydrogen (secondary N) is 1. The van der Waals surface area contributed by atoms with Gasteiger partial charge in [-0.2, -0.15) is 0 Å². The van der Waals surface area contributed by atoms with Crippen LogP contribution in [-0.2, 0) is 0 Å². The maximum Gasteiger partial charge on any atom is 0.281 e. The van der Waals surface area contributed by atoms with Gasteiger partial charge < -0.3 is 4.90 Å². The second-order valence-corrected chi connectivity index (χ2v) is 7.43. The first-order chi connectivity index (χ1) is 13.7. The van der Waals surface area contributed by atoms with Crippen molar-refractivity contribution in [1.82, 2.24) is 29.1 Å². The van der Waals surface area contributed by atoms with Gasteiger partial charge in [0.1, 0.15) is 17.2 Å². The molecule has 1 N–H and O–H groups in total. The molecule has 1 aliphatic heterocycles. The number of anilines is 1. The van der Waals surface area contributed by atoms with E-state index in [1.165, 1.54) is 18.8 Å². The normalized spacial score (nSPS) is 17.6. The maximum atomic E-state index is 13.0. The van der Waals surface area contributed by atoms with Crippen molar-refractivity contribution in [3.63, 3.8) is 0 Å². The van der Waals surface area contributed by atoms with Gasteiger partial charge in [-0.15, -0.1) is 0 Å². The number of imidazole rings is 1. The van der Waals surface area contributed by atoms with Crippen molar-refractivity contribution < 1.29 is 8.78 Å². The van der Waals surface area contributed by atoms with Crippen LogP contribution in [0.15, 0.2) is 30.9 Å². The molecule has 1 atom stereocenters. The van der Waals surface area contributed by atoms with E-state index in [2.05, 4.69) is 24.6 Å². The van der Waals surface area contributed by atoms with Gasteiger partial charge in [-0.25, -0.2) is 28.7 Å². The van der Waals surface area contributed by atoms with Gasteiger partial charge in [0.15, 0.2) is 11.5 Å². The summed E-state index contributed by atoms with van der Waals surface area (Å²) in [5.41, 5.74) is 0.747. The molecule has 3 aromatic rings. The Morgan fingerprint density at radius 1 is 1.29 bits per heavy atom. The average Bonchev–Trinajstić information content (AvgIpc) is 3.16. The predicted molar refractivity (Wildman–Crippen MR) is 105 cm³/mol. The van der Waals surface area contributed by atoms with Crippen molar-refractivity contribution in [3.8, 4) is 11.5 Å². The smallest absolute Gasteiger partial charge is 0.281 e. The van der Waals surface area contributed by atoms with Crippen LogP contribution < -0.4 is 9.62 Å². The van der Waals surface area contributed by atoms with Crippen molar-refractivity contribution in [2.24, 2.45) is 5.92 Å². The summed E-state index contributed by atoms with van der Waals surface area (Å²) in [6.07, 6.45) is 7.61. The average molecular weight is 405 g/mol. The number of alkyl halides is 2. The summed E-state index contributed by atoms with van der Waals surface area (Å²) in [5.74, 6) is 1.87. The van der Waals surface area contributed by atoms with Gasteiger partial charge in [0.25, 0.3) is 6.43 Å². The molecule has 4 heterocycles. The van der Waals surface area contributed by atoms with Crippen LogP contribution in [0.25, 0.3) is 17.2 Å². The van der Waals surface area contributed by atoms with Crippen molar-refractivity contribution in [3.05, 3.63) is 36.5 Å². The number of nitrogens with zero attached hydrogens (tertiary/aromatic N) is 6. The van der Waals surface area contributed by atoms with E-state index < -0.39 is 6.43 Å². The molecule has 0 saturated carbocycles. The minimum Gasteiger partial charge on any atom is -0.356 e. The quantitative estimate of drug-likeness (QED) is 0.632. The first-order valence-corrected chi connectivity index (χ1v) is 10.3. The fourth-order valence-electron chi connectivity index (χ4n) is 3.47. The molecular weight excluding hydrogens is 384 g/mol. The summed E-state index contributed by atoms with van der Waals surface area (Å²) in [5, 5.41) is 0. The standard InChI is InChI=1S/C18H21F2N7S/c1-28-24-7-12-3-2-6-26(10-12)15-4-5-21-18(25-15)14-8-23-16-9-22-13(17(19)20)11-27(14)16/h4-5,8-9,11-12,17,24H,2-3,6-7,10H2,1H3/t12-/m1/s1. The number of rotatable bonds is 6.